The van der Waals surface area contributed by atoms with Crippen molar-refractivity contribution in [2.24, 2.45) is 0 Å². The predicted molar refractivity (Wildman–Crippen MR) is 95.6 cm³/mol. The number of hydrogen-bond donors (Lipinski definition) is 1. The first-order valence-electron chi connectivity index (χ1n) is 8.08. The van der Waals surface area contributed by atoms with Gasteiger partial charge in [0.1, 0.15) is 5.60 Å². The molecule has 0 amide bonds. The minimum absolute atomic E-state index is 0.00826. The summed E-state index contributed by atoms with van der Waals surface area (Å²) in [5.74, 6) is -0.525. The van der Waals surface area contributed by atoms with E-state index >= 15 is 4.39 Å². The van der Waals surface area contributed by atoms with Gasteiger partial charge in [0.2, 0.25) is 0 Å². The Balaban J connectivity index is 1.84. The molecule has 1 aliphatic carbocycles. The van der Waals surface area contributed by atoms with E-state index < -0.39 is 17.1 Å². The van der Waals surface area contributed by atoms with Gasteiger partial charge in [0.05, 0.1) is 5.69 Å². The second-order valence-corrected chi connectivity index (χ2v) is 7.48. The first-order chi connectivity index (χ1) is 11.7. The number of aryl methyl sites for hydroxylation is 1. The van der Waals surface area contributed by atoms with Gasteiger partial charge >= 0.3 is 0 Å². The number of halogens is 3. The summed E-state index contributed by atoms with van der Waals surface area (Å²) in [6.07, 6.45) is 1.91. The molecule has 1 aliphatic rings. The van der Waals surface area contributed by atoms with Crippen molar-refractivity contribution in [3.05, 3.63) is 63.4 Å². The number of Topliss-reactive ketones (excluding diaryl/α,β-unsaturated/α-hetero) is 1. The maximum absolute atomic E-state index is 15.6. The summed E-state index contributed by atoms with van der Waals surface area (Å²) in [6, 6.07) is 8.14. The Morgan fingerprint density at radius 1 is 1.32 bits per heavy atom. The lowest BCUT2D eigenvalue weighted by atomic mass is 9.73. The van der Waals surface area contributed by atoms with Crippen molar-refractivity contribution in [2.75, 3.05) is 0 Å². The summed E-state index contributed by atoms with van der Waals surface area (Å²) in [5, 5.41) is 11.4. The van der Waals surface area contributed by atoms with Crippen molar-refractivity contribution in [3.63, 3.8) is 0 Å². The summed E-state index contributed by atoms with van der Waals surface area (Å²) in [5.41, 5.74) is -2.21. The normalized spacial score (nSPS) is 25.5. The van der Waals surface area contributed by atoms with E-state index in [2.05, 4.69) is 4.98 Å². The number of aromatic nitrogens is 1. The van der Waals surface area contributed by atoms with Gasteiger partial charge in [-0.15, -0.1) is 0 Å². The molecule has 0 saturated carbocycles. The molecule has 1 N–H and O–H groups in total. The number of rotatable bonds is 4. The molecular weight excluding hydrogens is 364 g/mol. The average Bonchev–Trinajstić information content (AvgIpc) is 2.58. The largest absolute Gasteiger partial charge is 0.384 e. The van der Waals surface area contributed by atoms with Gasteiger partial charge < -0.3 is 5.11 Å². The van der Waals surface area contributed by atoms with Crippen molar-refractivity contribution in [3.8, 4) is 0 Å². The second kappa shape index (κ2) is 6.67. The van der Waals surface area contributed by atoms with Gasteiger partial charge in [-0.3, -0.25) is 9.78 Å². The summed E-state index contributed by atoms with van der Waals surface area (Å²) in [6.45, 7) is 1.59. The van der Waals surface area contributed by atoms with Gasteiger partial charge in [-0.05, 0) is 49.9 Å². The predicted octanol–water partition coefficient (Wildman–Crippen LogP) is 4.76. The van der Waals surface area contributed by atoms with E-state index in [4.69, 9.17) is 23.2 Å². The lowest BCUT2D eigenvalue weighted by molar-refractivity contribution is -0.134. The highest BCUT2D eigenvalue weighted by Crippen LogP contribution is 2.46. The highest BCUT2D eigenvalue weighted by atomic mass is 35.5. The van der Waals surface area contributed by atoms with Gasteiger partial charge in [-0.1, -0.05) is 35.3 Å². The van der Waals surface area contributed by atoms with Crippen LogP contribution in [0.25, 0.3) is 0 Å². The summed E-state index contributed by atoms with van der Waals surface area (Å²) >= 11 is 12.0. The molecule has 0 saturated heterocycles. The molecule has 2 atom stereocenters. The van der Waals surface area contributed by atoms with E-state index in [9.17, 15) is 9.90 Å². The fourth-order valence-electron chi connectivity index (χ4n) is 3.28. The van der Waals surface area contributed by atoms with Crippen molar-refractivity contribution in [1.82, 2.24) is 4.98 Å². The quantitative estimate of drug-likeness (QED) is 0.830. The Bertz CT molecular complexity index is 825. The summed E-state index contributed by atoms with van der Waals surface area (Å²) < 4.78 is 15.6. The average molecular weight is 382 g/mol. The van der Waals surface area contributed by atoms with Crippen LogP contribution in [0.3, 0.4) is 0 Å². The van der Waals surface area contributed by atoms with Gasteiger partial charge in [0, 0.05) is 28.2 Å². The molecule has 3 nitrogen and oxygen atoms in total. The SMILES string of the molecule is C[C@@]1(O)CC[C@@](F)(C(=O)CCc2ccc(Cl)cc2Cl)c2cccnc21. The fraction of sp³-hybridized carbons (Fsp3) is 0.368. The Kier molecular flexibility index (Phi) is 4.89. The van der Waals surface area contributed by atoms with Crippen LogP contribution in [0.5, 0.6) is 0 Å². The van der Waals surface area contributed by atoms with Crippen molar-refractivity contribution in [2.45, 2.75) is 43.9 Å². The number of alkyl halides is 1. The first-order valence-corrected chi connectivity index (χ1v) is 8.84. The minimum Gasteiger partial charge on any atom is -0.384 e. The van der Waals surface area contributed by atoms with Crippen LogP contribution in [-0.2, 0) is 22.5 Å². The lowest BCUT2D eigenvalue weighted by Crippen LogP contribution is -2.42. The van der Waals surface area contributed by atoms with E-state index in [1.165, 1.54) is 12.3 Å². The molecule has 2 aromatic rings. The number of carbonyl (C=O) groups is 1. The Hall–Kier alpha value is -1.49. The molecule has 1 heterocycles. The van der Waals surface area contributed by atoms with E-state index in [1.807, 2.05) is 0 Å². The molecule has 6 heteroatoms. The number of benzene rings is 1. The van der Waals surface area contributed by atoms with Gasteiger partial charge in [-0.25, -0.2) is 4.39 Å². The number of nitrogens with zero attached hydrogens (tertiary/aromatic N) is 1. The molecule has 1 aromatic carbocycles. The van der Waals surface area contributed by atoms with E-state index in [0.717, 1.165) is 5.56 Å². The Morgan fingerprint density at radius 3 is 2.80 bits per heavy atom. The number of fused-ring (bicyclic) bond motifs is 1. The van der Waals surface area contributed by atoms with Crippen LogP contribution in [0.15, 0.2) is 36.5 Å². The van der Waals surface area contributed by atoms with Crippen molar-refractivity contribution < 1.29 is 14.3 Å². The molecule has 1 aromatic heterocycles. The second-order valence-electron chi connectivity index (χ2n) is 6.63. The van der Waals surface area contributed by atoms with Crippen LogP contribution in [-0.4, -0.2) is 15.9 Å². The maximum atomic E-state index is 15.6. The van der Waals surface area contributed by atoms with E-state index in [0.29, 0.717) is 16.5 Å². The zero-order valence-electron chi connectivity index (χ0n) is 13.7. The molecule has 0 fully saturated rings. The van der Waals surface area contributed by atoms with Crippen LogP contribution in [0, 0.1) is 0 Å². The van der Waals surface area contributed by atoms with E-state index in [-0.39, 0.29) is 30.5 Å². The molecular formula is C19H18Cl2FNO2. The number of aliphatic hydroxyl groups is 1. The molecule has 3 rings (SSSR count). The number of carbonyl (C=O) groups excluding carboxylic acids is 1. The van der Waals surface area contributed by atoms with Gasteiger partial charge in [-0.2, -0.15) is 0 Å². The van der Waals surface area contributed by atoms with Crippen LogP contribution in [0.4, 0.5) is 4.39 Å². The Morgan fingerprint density at radius 2 is 2.08 bits per heavy atom. The standard InChI is InChI=1S/C19H18Cl2FNO2/c1-18(25)8-9-19(22,14-3-2-10-23-17(14)18)16(24)7-5-12-4-6-13(20)11-15(12)21/h2-4,6,10-11,25H,5,7-9H2,1H3/t18-,19+/m1/s1. The highest BCUT2D eigenvalue weighted by molar-refractivity contribution is 6.35. The molecule has 0 bridgehead atoms. The zero-order valence-corrected chi connectivity index (χ0v) is 15.2. The van der Waals surface area contributed by atoms with Crippen molar-refractivity contribution in [1.29, 1.82) is 0 Å². The topological polar surface area (TPSA) is 50.2 Å². The van der Waals surface area contributed by atoms with E-state index in [1.54, 1.807) is 31.2 Å². The molecule has 0 spiro atoms. The number of pyridine rings is 1. The van der Waals surface area contributed by atoms with Gasteiger partial charge in [0.25, 0.3) is 0 Å². The maximum Gasteiger partial charge on any atom is 0.195 e. The molecule has 0 radical (unpaired) electrons. The summed E-state index contributed by atoms with van der Waals surface area (Å²) in [7, 11) is 0. The molecule has 25 heavy (non-hydrogen) atoms. The van der Waals surface area contributed by atoms with Gasteiger partial charge in [0.15, 0.2) is 11.5 Å². The first kappa shape index (κ1) is 18.3. The number of hydrogen-bond acceptors (Lipinski definition) is 3. The van der Waals surface area contributed by atoms with Crippen LogP contribution in [0.2, 0.25) is 10.0 Å². The zero-order chi connectivity index (χ0) is 18.2. The monoisotopic (exact) mass is 381 g/mol. The smallest absolute Gasteiger partial charge is 0.195 e. The third kappa shape index (κ3) is 3.43. The Labute approximate surface area is 155 Å². The van der Waals surface area contributed by atoms with Crippen molar-refractivity contribution >= 4 is 29.0 Å². The third-order valence-corrected chi connectivity index (χ3v) is 5.37. The number of ketones is 1. The van der Waals surface area contributed by atoms with Crippen LogP contribution < -0.4 is 0 Å². The van der Waals surface area contributed by atoms with Crippen LogP contribution in [0.1, 0.15) is 43.0 Å². The minimum atomic E-state index is -2.13. The lowest BCUT2D eigenvalue weighted by Gasteiger charge is -2.37. The van der Waals surface area contributed by atoms with Crippen LogP contribution >= 0.6 is 23.2 Å². The highest BCUT2D eigenvalue weighted by Gasteiger charge is 2.49. The third-order valence-electron chi connectivity index (χ3n) is 4.78. The molecule has 0 unspecified atom stereocenters. The molecule has 132 valence electrons. The molecule has 0 aliphatic heterocycles. The summed E-state index contributed by atoms with van der Waals surface area (Å²) in [4.78, 5) is 16.8. The fourth-order valence-corrected chi connectivity index (χ4v) is 3.79.